The number of ether oxygens (including phenoxy) is 1. The summed E-state index contributed by atoms with van der Waals surface area (Å²) in [6.45, 7) is 12.4. The average Bonchev–Trinajstić information content (AvgIpc) is 2.43. The highest BCUT2D eigenvalue weighted by molar-refractivity contribution is 6.05. The molecular formula is C19H29N3O4. The van der Waals surface area contributed by atoms with E-state index in [9.17, 15) is 14.4 Å². The molecule has 0 bridgehead atoms. The van der Waals surface area contributed by atoms with Gasteiger partial charge in [-0.1, -0.05) is 12.1 Å². The van der Waals surface area contributed by atoms with Gasteiger partial charge in [0.1, 0.15) is 11.6 Å². The second kappa shape index (κ2) is 8.21. The molecule has 0 unspecified atom stereocenters. The molecule has 3 amide bonds. The third-order valence-corrected chi connectivity index (χ3v) is 3.04. The molecule has 26 heavy (non-hydrogen) atoms. The Balaban J connectivity index is 2.81. The molecule has 3 N–H and O–H groups in total. The Morgan fingerprint density at radius 1 is 1.00 bits per heavy atom. The van der Waals surface area contributed by atoms with E-state index >= 15 is 0 Å². The molecule has 1 atom stereocenters. The lowest BCUT2D eigenvalue weighted by atomic mass is 10.1. The van der Waals surface area contributed by atoms with E-state index in [0.717, 1.165) is 0 Å². The van der Waals surface area contributed by atoms with Crippen molar-refractivity contribution in [3.05, 3.63) is 29.8 Å². The van der Waals surface area contributed by atoms with E-state index in [1.54, 1.807) is 45.0 Å². The Morgan fingerprint density at radius 2 is 1.58 bits per heavy atom. The highest BCUT2D eigenvalue weighted by atomic mass is 16.6. The lowest BCUT2D eigenvalue weighted by Crippen LogP contribution is -2.44. The first kappa shape index (κ1) is 21.5. The predicted molar refractivity (Wildman–Crippen MR) is 101 cm³/mol. The third-order valence-electron chi connectivity index (χ3n) is 3.04. The van der Waals surface area contributed by atoms with Gasteiger partial charge >= 0.3 is 6.09 Å². The summed E-state index contributed by atoms with van der Waals surface area (Å²) in [5.74, 6) is -0.743. The molecular weight excluding hydrogens is 334 g/mol. The van der Waals surface area contributed by atoms with Crippen molar-refractivity contribution in [1.82, 2.24) is 10.6 Å². The minimum atomic E-state index is -0.830. The number of rotatable bonds is 4. The molecule has 0 aliphatic rings. The second-order valence-corrected chi connectivity index (χ2v) is 8.11. The molecule has 0 heterocycles. The molecule has 1 aromatic rings. The lowest BCUT2D eigenvalue weighted by Gasteiger charge is -2.23. The Labute approximate surface area is 154 Å². The van der Waals surface area contributed by atoms with E-state index in [1.807, 2.05) is 20.8 Å². The van der Waals surface area contributed by atoms with Crippen molar-refractivity contribution in [3.8, 4) is 0 Å². The van der Waals surface area contributed by atoms with Crippen LogP contribution in [0.3, 0.4) is 0 Å². The minimum Gasteiger partial charge on any atom is -0.444 e. The van der Waals surface area contributed by atoms with Crippen molar-refractivity contribution in [2.75, 3.05) is 5.32 Å². The van der Waals surface area contributed by atoms with Gasteiger partial charge in [-0.25, -0.2) is 4.79 Å². The van der Waals surface area contributed by atoms with Gasteiger partial charge in [0.05, 0.1) is 11.3 Å². The molecule has 0 spiro atoms. The molecule has 7 heteroatoms. The predicted octanol–water partition coefficient (Wildman–Crippen LogP) is 3.07. The highest BCUT2D eigenvalue weighted by Gasteiger charge is 2.23. The van der Waals surface area contributed by atoms with Gasteiger partial charge in [-0.3, -0.25) is 9.59 Å². The topological polar surface area (TPSA) is 96.5 Å². The fourth-order valence-electron chi connectivity index (χ4n) is 1.99. The van der Waals surface area contributed by atoms with Crippen LogP contribution in [-0.2, 0) is 9.53 Å². The summed E-state index contributed by atoms with van der Waals surface area (Å²) in [5, 5.41) is 8.00. The number of amides is 3. The van der Waals surface area contributed by atoms with Crippen molar-refractivity contribution in [3.63, 3.8) is 0 Å². The zero-order chi connectivity index (χ0) is 20.1. The van der Waals surface area contributed by atoms with E-state index in [-0.39, 0.29) is 5.91 Å². The highest BCUT2D eigenvalue weighted by Crippen LogP contribution is 2.16. The number of carbonyl (C=O) groups excluding carboxylic acids is 3. The summed E-state index contributed by atoms with van der Waals surface area (Å²) in [7, 11) is 0. The van der Waals surface area contributed by atoms with Crippen LogP contribution in [0.4, 0.5) is 10.5 Å². The lowest BCUT2D eigenvalue weighted by molar-refractivity contribution is -0.117. The number of carbonyl (C=O) groups is 3. The first-order chi connectivity index (χ1) is 11.8. The maximum atomic E-state index is 12.4. The third kappa shape index (κ3) is 7.55. The maximum absolute atomic E-state index is 12.4. The molecule has 0 aliphatic heterocycles. The average molecular weight is 363 g/mol. The van der Waals surface area contributed by atoms with Gasteiger partial charge in [0.2, 0.25) is 5.91 Å². The number of nitrogens with one attached hydrogen (secondary N) is 3. The first-order valence-electron chi connectivity index (χ1n) is 8.50. The van der Waals surface area contributed by atoms with Crippen LogP contribution in [0.2, 0.25) is 0 Å². The normalized spacial score (nSPS) is 12.7. The van der Waals surface area contributed by atoms with Crippen LogP contribution >= 0.6 is 0 Å². The second-order valence-electron chi connectivity index (χ2n) is 8.11. The van der Waals surface area contributed by atoms with Crippen molar-refractivity contribution in [1.29, 1.82) is 0 Å². The Bertz CT molecular complexity index is 672. The van der Waals surface area contributed by atoms with Gasteiger partial charge in [0.15, 0.2) is 0 Å². The van der Waals surface area contributed by atoms with E-state index in [4.69, 9.17) is 4.74 Å². The number of benzene rings is 1. The number of anilines is 1. The first-order valence-corrected chi connectivity index (χ1v) is 8.50. The number of para-hydroxylation sites is 1. The molecule has 0 saturated heterocycles. The zero-order valence-corrected chi connectivity index (χ0v) is 16.5. The SMILES string of the molecule is C[C@@H](NC(=O)OC(C)(C)C)C(=O)Nc1ccccc1C(=O)NC(C)(C)C. The Kier molecular flexibility index (Phi) is 6.78. The molecule has 7 nitrogen and oxygen atoms in total. The molecule has 0 aromatic heterocycles. The summed E-state index contributed by atoms with van der Waals surface area (Å²) in [5.41, 5.74) is -0.338. The van der Waals surface area contributed by atoms with E-state index in [0.29, 0.717) is 11.3 Å². The van der Waals surface area contributed by atoms with Gasteiger partial charge in [-0.2, -0.15) is 0 Å². The number of hydrogen-bond acceptors (Lipinski definition) is 4. The summed E-state index contributed by atoms with van der Waals surface area (Å²) in [6, 6.07) is 5.87. The smallest absolute Gasteiger partial charge is 0.408 e. The summed E-state index contributed by atoms with van der Waals surface area (Å²) in [6.07, 6.45) is -0.682. The molecule has 0 radical (unpaired) electrons. The number of hydrogen-bond donors (Lipinski definition) is 3. The van der Waals surface area contributed by atoms with Crippen LogP contribution in [0.25, 0.3) is 0 Å². The molecule has 0 aliphatic carbocycles. The van der Waals surface area contributed by atoms with Crippen molar-refractivity contribution in [2.24, 2.45) is 0 Å². The molecule has 1 rings (SSSR count). The van der Waals surface area contributed by atoms with Crippen molar-refractivity contribution in [2.45, 2.75) is 65.6 Å². The summed E-state index contributed by atoms with van der Waals surface area (Å²) in [4.78, 5) is 36.6. The quantitative estimate of drug-likeness (QED) is 0.766. The monoisotopic (exact) mass is 363 g/mol. The number of alkyl carbamates (subject to hydrolysis) is 1. The largest absolute Gasteiger partial charge is 0.444 e. The molecule has 1 aromatic carbocycles. The van der Waals surface area contributed by atoms with Crippen LogP contribution in [0.15, 0.2) is 24.3 Å². The fourth-order valence-corrected chi connectivity index (χ4v) is 1.99. The fraction of sp³-hybridized carbons (Fsp3) is 0.526. The van der Waals surface area contributed by atoms with Crippen LogP contribution < -0.4 is 16.0 Å². The van der Waals surface area contributed by atoms with Crippen molar-refractivity contribution >= 4 is 23.6 Å². The maximum Gasteiger partial charge on any atom is 0.408 e. The molecule has 0 fully saturated rings. The Hall–Kier alpha value is -2.57. The van der Waals surface area contributed by atoms with E-state index in [2.05, 4.69) is 16.0 Å². The van der Waals surface area contributed by atoms with Crippen LogP contribution in [0.1, 0.15) is 58.8 Å². The summed E-state index contributed by atoms with van der Waals surface area (Å²) < 4.78 is 5.13. The van der Waals surface area contributed by atoms with Gasteiger partial charge in [0, 0.05) is 5.54 Å². The summed E-state index contributed by atoms with van der Waals surface area (Å²) >= 11 is 0. The van der Waals surface area contributed by atoms with Crippen LogP contribution in [0, 0.1) is 0 Å². The van der Waals surface area contributed by atoms with E-state index < -0.39 is 29.2 Å². The van der Waals surface area contributed by atoms with Gasteiger partial charge in [0.25, 0.3) is 5.91 Å². The molecule has 144 valence electrons. The zero-order valence-electron chi connectivity index (χ0n) is 16.5. The Morgan fingerprint density at radius 3 is 2.12 bits per heavy atom. The molecule has 0 saturated carbocycles. The van der Waals surface area contributed by atoms with Gasteiger partial charge in [-0.15, -0.1) is 0 Å². The van der Waals surface area contributed by atoms with E-state index in [1.165, 1.54) is 6.92 Å². The standard InChI is InChI=1S/C19H29N3O4/c1-12(20-17(25)26-19(5,6)7)15(23)21-14-11-9-8-10-13(14)16(24)22-18(2,3)4/h8-12H,1-7H3,(H,20,25)(H,21,23)(H,22,24)/t12-/m1/s1. The van der Waals surface area contributed by atoms with Crippen LogP contribution in [-0.4, -0.2) is 35.1 Å². The van der Waals surface area contributed by atoms with Crippen LogP contribution in [0.5, 0.6) is 0 Å². The van der Waals surface area contributed by atoms with Gasteiger partial charge < -0.3 is 20.7 Å². The van der Waals surface area contributed by atoms with Crippen molar-refractivity contribution < 1.29 is 19.1 Å². The minimum absolute atomic E-state index is 0.291. The van der Waals surface area contributed by atoms with Gasteiger partial charge in [-0.05, 0) is 60.6 Å².